The standard InChI is InChI=1S/C14H16ClNO3/c1-2-5-11(14(17)18)16-8-10-9-6-3-4-7-12(9)19-13(10)15/h3-4,6-7,11,16H,2,5,8H2,1H3,(H,17,18). The summed E-state index contributed by atoms with van der Waals surface area (Å²) in [5.74, 6) is -0.842. The molecule has 0 saturated heterocycles. The lowest BCUT2D eigenvalue weighted by Crippen LogP contribution is -2.36. The summed E-state index contributed by atoms with van der Waals surface area (Å²) in [6.07, 6.45) is 1.40. The Morgan fingerprint density at radius 1 is 1.47 bits per heavy atom. The van der Waals surface area contributed by atoms with E-state index in [1.165, 1.54) is 0 Å². The summed E-state index contributed by atoms with van der Waals surface area (Å²) in [4.78, 5) is 11.1. The Bertz CT molecular complexity index is 579. The van der Waals surface area contributed by atoms with Crippen LogP contribution in [0.1, 0.15) is 25.3 Å². The van der Waals surface area contributed by atoms with Gasteiger partial charge in [-0.1, -0.05) is 31.5 Å². The minimum absolute atomic E-state index is 0.314. The second-order valence-electron chi connectivity index (χ2n) is 4.41. The van der Waals surface area contributed by atoms with E-state index in [0.29, 0.717) is 23.8 Å². The number of carboxylic acids is 1. The third-order valence-electron chi connectivity index (χ3n) is 3.05. The van der Waals surface area contributed by atoms with Gasteiger partial charge in [-0.3, -0.25) is 4.79 Å². The van der Waals surface area contributed by atoms with Gasteiger partial charge in [0.1, 0.15) is 11.6 Å². The molecule has 1 unspecified atom stereocenters. The van der Waals surface area contributed by atoms with Gasteiger partial charge in [0.2, 0.25) is 0 Å². The average Bonchev–Trinajstić information content (AvgIpc) is 2.70. The Balaban J connectivity index is 2.17. The average molecular weight is 282 g/mol. The Labute approximate surface area is 116 Å². The van der Waals surface area contributed by atoms with Crippen molar-refractivity contribution in [2.45, 2.75) is 32.4 Å². The normalized spacial score (nSPS) is 12.7. The zero-order chi connectivity index (χ0) is 13.8. The first-order valence-electron chi connectivity index (χ1n) is 6.25. The molecule has 0 radical (unpaired) electrons. The summed E-state index contributed by atoms with van der Waals surface area (Å²) >= 11 is 6.05. The molecule has 0 amide bonds. The Morgan fingerprint density at radius 3 is 2.89 bits per heavy atom. The van der Waals surface area contributed by atoms with Gasteiger partial charge in [-0.15, -0.1) is 0 Å². The van der Waals surface area contributed by atoms with Gasteiger partial charge in [-0.2, -0.15) is 0 Å². The molecule has 2 N–H and O–H groups in total. The molecule has 19 heavy (non-hydrogen) atoms. The number of furan rings is 1. The SMILES string of the molecule is CCCC(NCc1c(Cl)oc2ccccc12)C(=O)O. The van der Waals surface area contributed by atoms with Gasteiger partial charge in [-0.25, -0.2) is 0 Å². The number of halogens is 1. The number of carboxylic acid groups (broad SMARTS) is 1. The van der Waals surface area contributed by atoms with Crippen molar-refractivity contribution in [3.05, 3.63) is 35.0 Å². The third kappa shape index (κ3) is 3.08. The number of fused-ring (bicyclic) bond motifs is 1. The van der Waals surface area contributed by atoms with E-state index in [2.05, 4.69) is 5.32 Å². The van der Waals surface area contributed by atoms with Crippen molar-refractivity contribution in [1.82, 2.24) is 5.32 Å². The quantitative estimate of drug-likeness (QED) is 0.851. The third-order valence-corrected chi connectivity index (χ3v) is 3.35. The first-order valence-corrected chi connectivity index (χ1v) is 6.63. The largest absolute Gasteiger partial charge is 0.480 e. The highest BCUT2D eigenvalue weighted by Crippen LogP contribution is 2.29. The van der Waals surface area contributed by atoms with Gasteiger partial charge >= 0.3 is 5.97 Å². The maximum atomic E-state index is 11.1. The monoisotopic (exact) mass is 281 g/mol. The summed E-state index contributed by atoms with van der Waals surface area (Å²) in [5, 5.41) is 13.3. The van der Waals surface area contributed by atoms with Crippen LogP contribution in [0.3, 0.4) is 0 Å². The van der Waals surface area contributed by atoms with Crippen LogP contribution >= 0.6 is 11.6 Å². The maximum Gasteiger partial charge on any atom is 0.320 e. The van der Waals surface area contributed by atoms with Gasteiger partial charge < -0.3 is 14.8 Å². The van der Waals surface area contributed by atoms with E-state index in [-0.39, 0.29) is 0 Å². The van der Waals surface area contributed by atoms with E-state index < -0.39 is 12.0 Å². The summed E-state index contributed by atoms with van der Waals surface area (Å²) in [7, 11) is 0. The molecule has 0 fully saturated rings. The van der Waals surface area contributed by atoms with E-state index in [1.54, 1.807) is 0 Å². The molecule has 5 heteroatoms. The fraction of sp³-hybridized carbons (Fsp3) is 0.357. The van der Waals surface area contributed by atoms with Crippen LogP contribution in [0.5, 0.6) is 0 Å². The van der Waals surface area contributed by atoms with Crippen LogP contribution in [0.15, 0.2) is 28.7 Å². The van der Waals surface area contributed by atoms with Crippen molar-refractivity contribution in [3.63, 3.8) is 0 Å². The number of rotatable bonds is 6. The molecule has 0 aliphatic rings. The molecule has 4 nitrogen and oxygen atoms in total. The molecule has 2 aromatic rings. The van der Waals surface area contributed by atoms with Crippen LogP contribution in [-0.4, -0.2) is 17.1 Å². The van der Waals surface area contributed by atoms with Crippen molar-refractivity contribution in [2.75, 3.05) is 0 Å². The summed E-state index contributed by atoms with van der Waals surface area (Å²) in [6, 6.07) is 6.97. The van der Waals surface area contributed by atoms with E-state index in [0.717, 1.165) is 17.4 Å². The molecular weight excluding hydrogens is 266 g/mol. The number of para-hydroxylation sites is 1. The molecule has 2 rings (SSSR count). The maximum absolute atomic E-state index is 11.1. The molecular formula is C14H16ClNO3. The molecule has 1 aromatic carbocycles. The minimum Gasteiger partial charge on any atom is -0.480 e. The van der Waals surface area contributed by atoms with Crippen molar-refractivity contribution in [2.24, 2.45) is 0 Å². The lowest BCUT2D eigenvalue weighted by Gasteiger charge is -2.12. The number of hydrogen-bond donors (Lipinski definition) is 2. The molecule has 1 heterocycles. The molecule has 0 saturated carbocycles. The van der Waals surface area contributed by atoms with Crippen LogP contribution in [0.2, 0.25) is 5.22 Å². The fourth-order valence-electron chi connectivity index (χ4n) is 2.06. The number of benzene rings is 1. The van der Waals surface area contributed by atoms with E-state index in [1.807, 2.05) is 31.2 Å². The lowest BCUT2D eigenvalue weighted by molar-refractivity contribution is -0.139. The number of hydrogen-bond acceptors (Lipinski definition) is 3. The Kier molecular flexibility index (Phi) is 4.45. The molecule has 102 valence electrons. The van der Waals surface area contributed by atoms with Crippen LogP contribution in [-0.2, 0) is 11.3 Å². The summed E-state index contributed by atoms with van der Waals surface area (Å²) in [6.45, 7) is 2.34. The first kappa shape index (κ1) is 13.9. The van der Waals surface area contributed by atoms with Gasteiger partial charge in [0, 0.05) is 17.5 Å². The Hall–Kier alpha value is -1.52. The second-order valence-corrected chi connectivity index (χ2v) is 4.75. The molecule has 0 spiro atoms. The van der Waals surface area contributed by atoms with Crippen LogP contribution < -0.4 is 5.32 Å². The predicted molar refractivity (Wildman–Crippen MR) is 74.4 cm³/mol. The Morgan fingerprint density at radius 2 is 2.21 bits per heavy atom. The molecule has 0 aliphatic carbocycles. The van der Waals surface area contributed by atoms with Gasteiger partial charge in [0.15, 0.2) is 5.22 Å². The topological polar surface area (TPSA) is 62.5 Å². The van der Waals surface area contributed by atoms with Gasteiger partial charge in [-0.05, 0) is 24.1 Å². The molecule has 1 aromatic heterocycles. The number of aliphatic carboxylic acids is 1. The predicted octanol–water partition coefficient (Wildman–Crippen LogP) is 3.43. The fourth-order valence-corrected chi connectivity index (χ4v) is 2.31. The van der Waals surface area contributed by atoms with Crippen molar-refractivity contribution in [1.29, 1.82) is 0 Å². The van der Waals surface area contributed by atoms with Crippen molar-refractivity contribution < 1.29 is 14.3 Å². The van der Waals surface area contributed by atoms with E-state index in [9.17, 15) is 4.79 Å². The lowest BCUT2D eigenvalue weighted by atomic mass is 10.1. The zero-order valence-electron chi connectivity index (χ0n) is 10.6. The van der Waals surface area contributed by atoms with Crippen LogP contribution in [0, 0.1) is 0 Å². The number of carbonyl (C=O) groups is 1. The summed E-state index contributed by atoms with van der Waals surface area (Å²) in [5.41, 5.74) is 1.52. The second kappa shape index (κ2) is 6.08. The van der Waals surface area contributed by atoms with Gasteiger partial charge in [0.25, 0.3) is 0 Å². The summed E-state index contributed by atoms with van der Waals surface area (Å²) < 4.78 is 5.43. The first-order chi connectivity index (χ1) is 9.13. The molecule has 0 bridgehead atoms. The van der Waals surface area contributed by atoms with Crippen molar-refractivity contribution >= 4 is 28.5 Å². The van der Waals surface area contributed by atoms with Crippen molar-refractivity contribution in [3.8, 4) is 0 Å². The van der Waals surface area contributed by atoms with Crippen LogP contribution in [0.4, 0.5) is 0 Å². The van der Waals surface area contributed by atoms with E-state index >= 15 is 0 Å². The van der Waals surface area contributed by atoms with Gasteiger partial charge in [0.05, 0.1) is 0 Å². The van der Waals surface area contributed by atoms with E-state index in [4.69, 9.17) is 21.1 Å². The molecule has 0 aliphatic heterocycles. The highest BCUT2D eigenvalue weighted by atomic mass is 35.5. The van der Waals surface area contributed by atoms with Crippen LogP contribution in [0.25, 0.3) is 11.0 Å². The highest BCUT2D eigenvalue weighted by Gasteiger charge is 2.18. The molecule has 1 atom stereocenters. The zero-order valence-corrected chi connectivity index (χ0v) is 11.4. The smallest absolute Gasteiger partial charge is 0.320 e. The highest BCUT2D eigenvalue weighted by molar-refractivity contribution is 6.30. The minimum atomic E-state index is -0.842. The number of nitrogens with one attached hydrogen (secondary N) is 1.